The van der Waals surface area contributed by atoms with Crippen LogP contribution in [0.4, 0.5) is 0 Å². The fourth-order valence-corrected chi connectivity index (χ4v) is 2.16. The number of aromatic nitrogens is 2. The van der Waals surface area contributed by atoms with E-state index in [4.69, 9.17) is 0 Å². The average Bonchev–Trinajstić information content (AvgIpc) is 2.74. The normalized spacial score (nSPS) is 18.0. The first-order valence-electron chi connectivity index (χ1n) is 5.49. The van der Waals surface area contributed by atoms with E-state index in [9.17, 15) is 4.55 Å². The molecule has 0 radical (unpaired) electrons. The molecule has 88 valence electrons. The maximum atomic E-state index is 11.7. The molecular weight excluding hydrogens is 222 g/mol. The van der Waals surface area contributed by atoms with Crippen molar-refractivity contribution in [2.45, 2.75) is 44.9 Å². The summed E-state index contributed by atoms with van der Waals surface area (Å²) in [5.74, 6) is 1.11. The summed E-state index contributed by atoms with van der Waals surface area (Å²) in [6.45, 7) is 6.75. The average molecular weight is 239 g/mol. The van der Waals surface area contributed by atoms with Crippen molar-refractivity contribution in [2.24, 2.45) is 4.40 Å². The van der Waals surface area contributed by atoms with Crippen LogP contribution in [0.3, 0.4) is 0 Å². The van der Waals surface area contributed by atoms with E-state index in [0.717, 1.165) is 30.9 Å². The zero-order valence-corrected chi connectivity index (χ0v) is 10.8. The van der Waals surface area contributed by atoms with Crippen molar-refractivity contribution >= 4 is 17.6 Å². The molecule has 1 aromatic heterocycles. The van der Waals surface area contributed by atoms with Gasteiger partial charge in [0.05, 0.1) is 11.9 Å². The van der Waals surface area contributed by atoms with Gasteiger partial charge in [0.2, 0.25) is 0 Å². The van der Waals surface area contributed by atoms with E-state index in [-0.39, 0.29) is 4.75 Å². The zero-order chi connectivity index (χ0) is 11.8. The molecule has 0 amide bonds. The van der Waals surface area contributed by atoms with Crippen molar-refractivity contribution in [1.29, 1.82) is 0 Å². The smallest absolute Gasteiger partial charge is 0.144 e. The Balaban J connectivity index is 2.12. The van der Waals surface area contributed by atoms with Crippen LogP contribution in [-0.4, -0.2) is 25.1 Å². The summed E-state index contributed by atoms with van der Waals surface area (Å²) in [6.07, 6.45) is 5.67. The highest BCUT2D eigenvalue weighted by atomic mass is 32.2. The van der Waals surface area contributed by atoms with Crippen molar-refractivity contribution in [3.8, 4) is 0 Å². The van der Waals surface area contributed by atoms with Crippen LogP contribution in [0.5, 0.6) is 0 Å². The van der Waals surface area contributed by atoms with E-state index in [1.54, 1.807) is 12.4 Å². The fourth-order valence-electron chi connectivity index (χ4n) is 1.65. The van der Waals surface area contributed by atoms with Crippen molar-refractivity contribution < 1.29 is 4.55 Å². The van der Waals surface area contributed by atoms with E-state index < -0.39 is 11.4 Å². The van der Waals surface area contributed by atoms with Gasteiger partial charge in [0, 0.05) is 13.0 Å². The third-order valence-electron chi connectivity index (χ3n) is 2.56. The highest BCUT2D eigenvalue weighted by molar-refractivity contribution is 7.91. The first-order valence-corrected chi connectivity index (χ1v) is 6.59. The summed E-state index contributed by atoms with van der Waals surface area (Å²) in [4.78, 5) is 4.31. The van der Waals surface area contributed by atoms with Gasteiger partial charge in [-0.15, -0.1) is 0 Å². The number of hydrogen-bond acceptors (Lipinski definition) is 3. The molecule has 0 aromatic carbocycles. The zero-order valence-electron chi connectivity index (χ0n) is 9.93. The van der Waals surface area contributed by atoms with Crippen molar-refractivity contribution in [1.82, 2.24) is 9.55 Å². The topological polar surface area (TPSA) is 53.2 Å². The minimum absolute atomic E-state index is 0.301. The van der Waals surface area contributed by atoms with Crippen LogP contribution in [0, 0.1) is 0 Å². The first-order chi connectivity index (χ1) is 7.48. The van der Waals surface area contributed by atoms with Gasteiger partial charge in [-0.3, -0.25) is 0 Å². The van der Waals surface area contributed by atoms with E-state index in [2.05, 4.69) is 13.9 Å². The molecule has 1 aliphatic rings. The van der Waals surface area contributed by atoms with Gasteiger partial charge >= 0.3 is 0 Å². The Labute approximate surface area is 99.1 Å². The minimum Gasteiger partial charge on any atom is -0.591 e. The molecule has 0 N–H and O–H groups in total. The largest absolute Gasteiger partial charge is 0.591 e. The van der Waals surface area contributed by atoms with Gasteiger partial charge in [-0.1, -0.05) is 4.40 Å². The molecule has 0 aliphatic carbocycles. The Kier molecular flexibility index (Phi) is 3.08. The highest BCUT2D eigenvalue weighted by Gasteiger charge is 2.26. The molecule has 2 rings (SSSR count). The van der Waals surface area contributed by atoms with Crippen LogP contribution in [0.25, 0.3) is 0 Å². The van der Waals surface area contributed by atoms with Gasteiger partial charge < -0.3 is 9.12 Å². The summed E-state index contributed by atoms with van der Waals surface area (Å²) in [5.41, 5.74) is 0.963. The lowest BCUT2D eigenvalue weighted by Crippen LogP contribution is -2.25. The molecular formula is C11H17N3OS. The summed E-state index contributed by atoms with van der Waals surface area (Å²) in [5, 5.41) is 0. The second kappa shape index (κ2) is 4.22. The molecule has 4 nitrogen and oxygen atoms in total. The summed E-state index contributed by atoms with van der Waals surface area (Å²) >= 11 is -1.19. The van der Waals surface area contributed by atoms with Crippen LogP contribution < -0.4 is 0 Å². The molecule has 0 saturated heterocycles. The van der Waals surface area contributed by atoms with Crippen molar-refractivity contribution in [3.05, 3.63) is 17.7 Å². The van der Waals surface area contributed by atoms with Crippen LogP contribution in [0.1, 0.15) is 38.7 Å². The van der Waals surface area contributed by atoms with E-state index in [1.165, 1.54) is 0 Å². The maximum Gasteiger partial charge on any atom is 0.144 e. The molecule has 1 atom stereocenters. The molecule has 1 aliphatic heterocycles. The summed E-state index contributed by atoms with van der Waals surface area (Å²) in [7, 11) is 0. The molecule has 0 saturated carbocycles. The predicted octanol–water partition coefficient (Wildman–Crippen LogP) is 1.71. The van der Waals surface area contributed by atoms with Crippen molar-refractivity contribution in [3.63, 3.8) is 0 Å². The lowest BCUT2D eigenvalue weighted by atomic mass is 10.3. The second-order valence-corrected chi connectivity index (χ2v) is 6.88. The second-order valence-electron chi connectivity index (χ2n) is 4.95. The SMILES string of the molecule is CC(C)(C)[S+]([O-])/N=C\c1cnc2n1CCC2. The number of aryl methyl sites for hydroxylation is 1. The molecule has 5 heteroatoms. The number of hydrogen-bond donors (Lipinski definition) is 0. The van der Waals surface area contributed by atoms with Crippen molar-refractivity contribution in [2.75, 3.05) is 0 Å². The van der Waals surface area contributed by atoms with Gasteiger partial charge in [-0.25, -0.2) is 4.98 Å². The molecule has 0 spiro atoms. The molecule has 1 aromatic rings. The third-order valence-corrected chi connectivity index (χ3v) is 3.90. The monoisotopic (exact) mass is 239 g/mol. The summed E-state index contributed by atoms with van der Waals surface area (Å²) < 4.78 is 17.7. The van der Waals surface area contributed by atoms with Crippen LogP contribution in [0.15, 0.2) is 10.6 Å². The quantitative estimate of drug-likeness (QED) is 0.583. The van der Waals surface area contributed by atoms with Gasteiger partial charge in [-0.05, 0) is 27.2 Å². The Hall–Kier alpha value is -0.810. The molecule has 0 bridgehead atoms. The predicted molar refractivity (Wildman–Crippen MR) is 66.0 cm³/mol. The van der Waals surface area contributed by atoms with E-state index in [0.29, 0.717) is 0 Å². The van der Waals surface area contributed by atoms with Gasteiger partial charge in [0.15, 0.2) is 0 Å². The number of imidazole rings is 1. The van der Waals surface area contributed by atoms with Gasteiger partial charge in [-0.2, -0.15) is 0 Å². The molecule has 16 heavy (non-hydrogen) atoms. The van der Waals surface area contributed by atoms with Crippen LogP contribution in [0.2, 0.25) is 0 Å². The number of nitrogens with zero attached hydrogens (tertiary/aromatic N) is 3. The third kappa shape index (κ3) is 2.30. The lowest BCUT2D eigenvalue weighted by molar-refractivity contribution is 0.561. The Morgan fingerprint density at radius 1 is 1.56 bits per heavy atom. The Morgan fingerprint density at radius 2 is 2.31 bits per heavy atom. The first kappa shape index (κ1) is 11.7. The highest BCUT2D eigenvalue weighted by Crippen LogP contribution is 2.18. The minimum atomic E-state index is -1.19. The Morgan fingerprint density at radius 3 is 3.00 bits per heavy atom. The van der Waals surface area contributed by atoms with Gasteiger partial charge in [0.25, 0.3) is 0 Å². The summed E-state index contributed by atoms with van der Waals surface area (Å²) in [6, 6.07) is 0. The van der Waals surface area contributed by atoms with E-state index in [1.807, 2.05) is 20.8 Å². The lowest BCUT2D eigenvalue weighted by Gasteiger charge is -2.17. The Bertz CT molecular complexity index is 406. The van der Waals surface area contributed by atoms with Crippen LogP contribution >= 0.6 is 0 Å². The number of fused-ring (bicyclic) bond motifs is 1. The van der Waals surface area contributed by atoms with Gasteiger partial charge in [0.1, 0.15) is 28.1 Å². The van der Waals surface area contributed by atoms with E-state index >= 15 is 0 Å². The fraction of sp³-hybridized carbons (Fsp3) is 0.636. The van der Waals surface area contributed by atoms with Crippen LogP contribution in [-0.2, 0) is 24.3 Å². The molecule has 1 unspecified atom stereocenters. The maximum absolute atomic E-state index is 11.7. The molecule has 2 heterocycles. The molecule has 0 fully saturated rings. The number of rotatable bonds is 2. The standard InChI is InChI=1S/C11H17N3OS/c1-11(2,3)16(15)13-8-9-7-12-10-5-4-6-14(9)10/h7-8H,4-6H2,1-3H3/b13-8-.